The van der Waals surface area contributed by atoms with Gasteiger partial charge in [0.2, 0.25) is 0 Å². The fourth-order valence-corrected chi connectivity index (χ4v) is 4.33. The molecule has 182 valence electrons. The average molecular weight is 485 g/mol. The Morgan fingerprint density at radius 3 is 2.59 bits per heavy atom. The Labute approximate surface area is 204 Å². The number of aliphatic hydroxyl groups excluding tert-OH is 1. The maximum Gasteiger partial charge on any atom is 0.262 e. The van der Waals surface area contributed by atoms with Crippen LogP contribution in [-0.2, 0) is 4.79 Å². The molecule has 0 spiro atoms. The zero-order valence-corrected chi connectivity index (χ0v) is 20.7. The summed E-state index contributed by atoms with van der Waals surface area (Å²) in [5, 5.41) is 25.7. The molecule has 0 bridgehead atoms. The molecule has 9 nitrogen and oxygen atoms in total. The highest BCUT2D eigenvalue weighted by molar-refractivity contribution is 8.07. The van der Waals surface area contributed by atoms with Crippen LogP contribution in [0, 0.1) is 13.8 Å². The zero-order chi connectivity index (χ0) is 24.7. The van der Waals surface area contributed by atoms with Crippen molar-refractivity contribution in [3.8, 4) is 5.75 Å². The number of nitrogens with one attached hydrogen (secondary N) is 2. The number of para-hydroxylation sites is 1. The SMILES string of the molecule is C=C(Nc1cc(N2CCN(CCO)CC2)nc(C)n1)S/C(=C\C)C(=O)Nc1c(C)cccc1O. The van der Waals surface area contributed by atoms with Crippen molar-refractivity contribution in [3.05, 3.63) is 58.2 Å². The average Bonchev–Trinajstić information content (AvgIpc) is 2.80. The lowest BCUT2D eigenvalue weighted by atomic mass is 10.2. The Morgan fingerprint density at radius 1 is 1.21 bits per heavy atom. The second-order valence-corrected chi connectivity index (χ2v) is 9.07. The van der Waals surface area contributed by atoms with Gasteiger partial charge >= 0.3 is 0 Å². The monoisotopic (exact) mass is 484 g/mol. The summed E-state index contributed by atoms with van der Waals surface area (Å²) >= 11 is 1.19. The number of carbonyl (C=O) groups is 1. The molecular formula is C24H32N6O3S. The van der Waals surface area contributed by atoms with Gasteiger partial charge in [-0.1, -0.05) is 36.5 Å². The first-order valence-electron chi connectivity index (χ1n) is 11.1. The third-order valence-electron chi connectivity index (χ3n) is 5.41. The van der Waals surface area contributed by atoms with E-state index in [9.17, 15) is 9.90 Å². The van der Waals surface area contributed by atoms with Gasteiger partial charge in [-0.15, -0.1) is 0 Å². The van der Waals surface area contributed by atoms with E-state index in [2.05, 4.69) is 37.0 Å². The van der Waals surface area contributed by atoms with E-state index in [1.807, 2.05) is 26.0 Å². The number of anilines is 3. The van der Waals surface area contributed by atoms with Gasteiger partial charge in [0.25, 0.3) is 5.91 Å². The summed E-state index contributed by atoms with van der Waals surface area (Å²) in [4.78, 5) is 26.7. The predicted molar refractivity (Wildman–Crippen MR) is 138 cm³/mol. The van der Waals surface area contributed by atoms with E-state index in [-0.39, 0.29) is 18.3 Å². The number of hydrogen-bond donors (Lipinski definition) is 4. The molecule has 1 aliphatic rings. The summed E-state index contributed by atoms with van der Waals surface area (Å²) in [7, 11) is 0. The van der Waals surface area contributed by atoms with Crippen LogP contribution >= 0.6 is 11.8 Å². The smallest absolute Gasteiger partial charge is 0.262 e. The van der Waals surface area contributed by atoms with E-state index in [1.165, 1.54) is 17.8 Å². The van der Waals surface area contributed by atoms with Crippen LogP contribution in [0.15, 0.2) is 46.9 Å². The molecular weight excluding hydrogens is 452 g/mol. The molecule has 4 N–H and O–H groups in total. The Hall–Kier alpha value is -3.08. The number of carbonyl (C=O) groups excluding carboxylic acids is 1. The Kier molecular flexibility index (Phi) is 8.91. The summed E-state index contributed by atoms with van der Waals surface area (Å²) in [6.07, 6.45) is 1.70. The lowest BCUT2D eigenvalue weighted by Gasteiger charge is -2.35. The predicted octanol–water partition coefficient (Wildman–Crippen LogP) is 3.07. The van der Waals surface area contributed by atoms with Crippen molar-refractivity contribution < 1.29 is 15.0 Å². The molecule has 0 unspecified atom stereocenters. The molecule has 2 heterocycles. The van der Waals surface area contributed by atoms with Crippen molar-refractivity contribution in [3.63, 3.8) is 0 Å². The van der Waals surface area contributed by atoms with Gasteiger partial charge in [-0.3, -0.25) is 9.69 Å². The summed E-state index contributed by atoms with van der Waals surface area (Å²) in [6.45, 7) is 13.7. The Balaban J connectivity index is 1.63. The van der Waals surface area contributed by atoms with Gasteiger partial charge in [-0.05, 0) is 32.4 Å². The maximum atomic E-state index is 12.8. The standard InChI is InChI=1S/C24H32N6O3S/c1-5-20(24(33)28-23-16(2)7-6-8-19(23)32)34-18(4)27-21-15-22(26-17(3)25-21)30-11-9-29(10-12-30)13-14-31/h5-8,15,31-32H,4,9-14H2,1-3H3,(H,28,33)(H,25,26,27)/b20-5-. The number of amides is 1. The van der Waals surface area contributed by atoms with Crippen LogP contribution in [0.5, 0.6) is 5.75 Å². The van der Waals surface area contributed by atoms with Gasteiger partial charge in [0.15, 0.2) is 0 Å². The Morgan fingerprint density at radius 2 is 1.94 bits per heavy atom. The molecule has 2 aromatic rings. The van der Waals surface area contributed by atoms with Gasteiger partial charge in [0, 0.05) is 38.8 Å². The van der Waals surface area contributed by atoms with Gasteiger partial charge < -0.3 is 25.7 Å². The number of β-amino-alcohol motifs (C(OH)–C–C–N with tert-alkyl or cyclic N) is 1. The van der Waals surface area contributed by atoms with Crippen molar-refractivity contribution in [1.82, 2.24) is 14.9 Å². The minimum atomic E-state index is -0.333. The highest BCUT2D eigenvalue weighted by Crippen LogP contribution is 2.31. The summed E-state index contributed by atoms with van der Waals surface area (Å²) in [5.41, 5.74) is 1.16. The topological polar surface area (TPSA) is 114 Å². The molecule has 0 aliphatic carbocycles. The summed E-state index contributed by atoms with van der Waals surface area (Å²) < 4.78 is 0. The first-order chi connectivity index (χ1) is 16.3. The number of phenols is 1. The van der Waals surface area contributed by atoms with E-state index in [4.69, 9.17) is 5.11 Å². The molecule has 1 aliphatic heterocycles. The minimum Gasteiger partial charge on any atom is -0.506 e. The molecule has 1 aromatic carbocycles. The van der Waals surface area contributed by atoms with Crippen molar-refractivity contribution in [2.75, 3.05) is 54.9 Å². The van der Waals surface area contributed by atoms with E-state index in [0.717, 1.165) is 37.6 Å². The second-order valence-electron chi connectivity index (χ2n) is 7.94. The molecule has 0 radical (unpaired) electrons. The highest BCUT2D eigenvalue weighted by Gasteiger charge is 2.19. The van der Waals surface area contributed by atoms with Crippen LogP contribution in [0.25, 0.3) is 0 Å². The normalized spacial score (nSPS) is 14.7. The van der Waals surface area contributed by atoms with E-state index < -0.39 is 0 Å². The number of thioether (sulfide) groups is 1. The largest absolute Gasteiger partial charge is 0.506 e. The molecule has 34 heavy (non-hydrogen) atoms. The molecule has 10 heteroatoms. The van der Waals surface area contributed by atoms with E-state index in [0.29, 0.717) is 33.8 Å². The number of aliphatic hydroxyl groups is 1. The fraction of sp³-hybridized carbons (Fsp3) is 0.375. The molecule has 3 rings (SSSR count). The van der Waals surface area contributed by atoms with Crippen LogP contribution in [0.4, 0.5) is 17.3 Å². The van der Waals surface area contributed by atoms with Gasteiger partial charge in [0.1, 0.15) is 23.2 Å². The first kappa shape index (κ1) is 25.5. The zero-order valence-electron chi connectivity index (χ0n) is 19.8. The number of nitrogens with zero attached hydrogens (tertiary/aromatic N) is 4. The number of aromatic hydroxyl groups is 1. The quantitative estimate of drug-likeness (QED) is 0.315. The molecule has 1 amide bonds. The fourth-order valence-electron chi connectivity index (χ4n) is 3.65. The van der Waals surface area contributed by atoms with Crippen molar-refractivity contribution in [2.45, 2.75) is 20.8 Å². The second kappa shape index (κ2) is 11.9. The number of rotatable bonds is 9. The van der Waals surface area contributed by atoms with Crippen LogP contribution < -0.4 is 15.5 Å². The van der Waals surface area contributed by atoms with Crippen molar-refractivity contribution in [2.24, 2.45) is 0 Å². The number of allylic oxidation sites excluding steroid dienone is 1. The highest BCUT2D eigenvalue weighted by atomic mass is 32.2. The number of piperazine rings is 1. The number of aromatic nitrogens is 2. The van der Waals surface area contributed by atoms with Crippen LogP contribution in [0.1, 0.15) is 18.3 Å². The van der Waals surface area contributed by atoms with Crippen LogP contribution in [-0.4, -0.2) is 70.3 Å². The van der Waals surface area contributed by atoms with Gasteiger partial charge in [-0.2, -0.15) is 0 Å². The summed E-state index contributed by atoms with van der Waals surface area (Å²) in [5.74, 6) is 1.75. The van der Waals surface area contributed by atoms with Crippen molar-refractivity contribution in [1.29, 1.82) is 0 Å². The lowest BCUT2D eigenvalue weighted by Crippen LogP contribution is -2.47. The molecule has 1 fully saturated rings. The number of hydrogen-bond acceptors (Lipinski definition) is 9. The maximum absolute atomic E-state index is 12.8. The van der Waals surface area contributed by atoms with E-state index >= 15 is 0 Å². The first-order valence-corrected chi connectivity index (χ1v) is 12.0. The molecule has 1 saturated heterocycles. The third-order valence-corrected chi connectivity index (χ3v) is 6.40. The van der Waals surface area contributed by atoms with Crippen LogP contribution in [0.2, 0.25) is 0 Å². The molecule has 0 atom stereocenters. The minimum absolute atomic E-state index is 0.0203. The molecule has 1 aromatic heterocycles. The Bertz CT molecular complexity index is 1050. The number of benzene rings is 1. The number of aryl methyl sites for hydroxylation is 2. The lowest BCUT2D eigenvalue weighted by molar-refractivity contribution is -0.112. The van der Waals surface area contributed by atoms with E-state index in [1.54, 1.807) is 19.1 Å². The van der Waals surface area contributed by atoms with Crippen molar-refractivity contribution >= 4 is 35.0 Å². The van der Waals surface area contributed by atoms with Crippen LogP contribution in [0.3, 0.4) is 0 Å². The molecule has 0 saturated carbocycles. The summed E-state index contributed by atoms with van der Waals surface area (Å²) in [6, 6.07) is 6.96. The van der Waals surface area contributed by atoms with Gasteiger partial charge in [-0.25, -0.2) is 9.97 Å². The third kappa shape index (κ3) is 6.72. The van der Waals surface area contributed by atoms with Gasteiger partial charge in [0.05, 0.1) is 22.2 Å². The number of phenolic OH excluding ortho intramolecular Hbond substituents is 1.